The molecule has 1 aliphatic carbocycles. The molecule has 0 saturated carbocycles. The van der Waals surface area contributed by atoms with E-state index in [0.29, 0.717) is 6.42 Å². The minimum absolute atomic E-state index is 0.242. The zero-order chi connectivity index (χ0) is 12.5. The SMILES string of the molecule is Cc1cc(N2CCCC2)c2c(n1)C(=O)CCCC2. The summed E-state index contributed by atoms with van der Waals surface area (Å²) in [4.78, 5) is 19.1. The molecular formula is C15H20N2O. The number of anilines is 1. The summed E-state index contributed by atoms with van der Waals surface area (Å²) in [5.41, 5.74) is 4.23. The fourth-order valence-electron chi connectivity index (χ4n) is 3.11. The standard InChI is InChI=1S/C15H20N2O/c1-11-10-13(17-8-4-5-9-17)12-6-2-3-7-14(18)15(12)16-11/h10H,2-9H2,1H3. The molecule has 2 heterocycles. The zero-order valence-electron chi connectivity index (χ0n) is 11.0. The van der Waals surface area contributed by atoms with E-state index in [0.717, 1.165) is 43.7 Å². The van der Waals surface area contributed by atoms with Crippen molar-refractivity contribution >= 4 is 11.5 Å². The van der Waals surface area contributed by atoms with Crippen molar-refractivity contribution in [2.24, 2.45) is 0 Å². The highest BCUT2D eigenvalue weighted by Crippen LogP contribution is 2.31. The summed E-state index contributed by atoms with van der Waals surface area (Å²) < 4.78 is 0. The van der Waals surface area contributed by atoms with Crippen molar-refractivity contribution in [3.63, 3.8) is 0 Å². The molecule has 1 aromatic heterocycles. The molecule has 0 radical (unpaired) electrons. The monoisotopic (exact) mass is 244 g/mol. The Kier molecular flexibility index (Phi) is 3.06. The molecule has 1 fully saturated rings. The molecule has 0 bridgehead atoms. The number of hydrogen-bond acceptors (Lipinski definition) is 3. The van der Waals surface area contributed by atoms with E-state index in [2.05, 4.69) is 16.0 Å². The number of carbonyl (C=O) groups is 1. The van der Waals surface area contributed by atoms with E-state index in [1.54, 1.807) is 0 Å². The summed E-state index contributed by atoms with van der Waals surface area (Å²) in [6.07, 6.45) is 6.34. The van der Waals surface area contributed by atoms with Crippen molar-refractivity contribution in [1.82, 2.24) is 4.98 Å². The minimum atomic E-state index is 0.242. The molecule has 0 atom stereocenters. The molecular weight excluding hydrogens is 224 g/mol. The first-order valence-corrected chi connectivity index (χ1v) is 7.04. The second kappa shape index (κ2) is 4.71. The minimum Gasteiger partial charge on any atom is -0.371 e. The quantitative estimate of drug-likeness (QED) is 0.712. The fraction of sp³-hybridized carbons (Fsp3) is 0.600. The lowest BCUT2D eigenvalue weighted by Gasteiger charge is -2.22. The number of aromatic nitrogens is 1. The van der Waals surface area contributed by atoms with Crippen molar-refractivity contribution in [2.45, 2.75) is 45.4 Å². The van der Waals surface area contributed by atoms with E-state index in [1.165, 1.54) is 24.1 Å². The Bertz CT molecular complexity index is 476. The predicted molar refractivity (Wildman–Crippen MR) is 72.3 cm³/mol. The third kappa shape index (κ3) is 2.02. The Morgan fingerprint density at radius 2 is 1.83 bits per heavy atom. The largest absolute Gasteiger partial charge is 0.371 e. The van der Waals surface area contributed by atoms with Gasteiger partial charge in [-0.3, -0.25) is 4.79 Å². The van der Waals surface area contributed by atoms with Crippen LogP contribution < -0.4 is 4.90 Å². The Hall–Kier alpha value is -1.38. The molecule has 1 aromatic rings. The number of carbonyl (C=O) groups excluding carboxylic acids is 1. The molecule has 0 amide bonds. The highest BCUT2D eigenvalue weighted by molar-refractivity contribution is 5.97. The molecule has 1 saturated heterocycles. The summed E-state index contributed by atoms with van der Waals surface area (Å²) in [5.74, 6) is 0.242. The van der Waals surface area contributed by atoms with Crippen LogP contribution in [0.3, 0.4) is 0 Å². The van der Waals surface area contributed by atoms with Gasteiger partial charge >= 0.3 is 0 Å². The van der Waals surface area contributed by atoms with Gasteiger partial charge in [-0.2, -0.15) is 0 Å². The molecule has 96 valence electrons. The Morgan fingerprint density at radius 1 is 1.11 bits per heavy atom. The molecule has 0 N–H and O–H groups in total. The third-order valence-corrected chi connectivity index (χ3v) is 4.02. The van der Waals surface area contributed by atoms with E-state index >= 15 is 0 Å². The van der Waals surface area contributed by atoms with Gasteiger partial charge in [-0.1, -0.05) is 0 Å². The number of rotatable bonds is 1. The molecule has 3 nitrogen and oxygen atoms in total. The van der Waals surface area contributed by atoms with Gasteiger partial charge in [-0.05, 0) is 45.1 Å². The number of nitrogens with zero attached hydrogens (tertiary/aromatic N) is 2. The van der Waals surface area contributed by atoms with E-state index in [-0.39, 0.29) is 5.78 Å². The second-order valence-corrected chi connectivity index (χ2v) is 5.43. The number of pyridine rings is 1. The molecule has 0 aromatic carbocycles. The number of aryl methyl sites for hydroxylation is 1. The maximum Gasteiger partial charge on any atom is 0.181 e. The van der Waals surface area contributed by atoms with Gasteiger partial charge < -0.3 is 4.90 Å². The molecule has 3 rings (SSSR count). The van der Waals surface area contributed by atoms with Crippen LogP contribution in [0.2, 0.25) is 0 Å². The first kappa shape index (κ1) is 11.7. The summed E-state index contributed by atoms with van der Waals surface area (Å²) >= 11 is 0. The van der Waals surface area contributed by atoms with Gasteiger partial charge in [0.2, 0.25) is 0 Å². The molecule has 0 unspecified atom stereocenters. The van der Waals surface area contributed by atoms with Gasteiger partial charge in [0.05, 0.1) is 0 Å². The van der Waals surface area contributed by atoms with Gasteiger partial charge in [-0.25, -0.2) is 4.98 Å². The van der Waals surface area contributed by atoms with Crippen LogP contribution in [-0.2, 0) is 6.42 Å². The number of hydrogen-bond donors (Lipinski definition) is 0. The van der Waals surface area contributed by atoms with Crippen molar-refractivity contribution in [3.05, 3.63) is 23.0 Å². The average molecular weight is 244 g/mol. The lowest BCUT2D eigenvalue weighted by atomic mass is 10.0. The first-order chi connectivity index (χ1) is 8.75. The molecule has 2 aliphatic rings. The summed E-state index contributed by atoms with van der Waals surface area (Å²) in [5, 5.41) is 0. The normalized spacial score (nSPS) is 19.8. The van der Waals surface area contributed by atoms with Crippen LogP contribution in [0.25, 0.3) is 0 Å². The van der Waals surface area contributed by atoms with Crippen LogP contribution in [0.5, 0.6) is 0 Å². The first-order valence-electron chi connectivity index (χ1n) is 7.04. The third-order valence-electron chi connectivity index (χ3n) is 4.02. The maximum absolute atomic E-state index is 12.1. The molecule has 3 heteroatoms. The topological polar surface area (TPSA) is 33.2 Å². The predicted octanol–water partition coefficient (Wildman–Crippen LogP) is 2.90. The van der Waals surface area contributed by atoms with Gasteiger partial charge in [0, 0.05) is 36.5 Å². The van der Waals surface area contributed by atoms with E-state index in [9.17, 15) is 4.79 Å². The van der Waals surface area contributed by atoms with Gasteiger partial charge in [0.15, 0.2) is 5.78 Å². The Morgan fingerprint density at radius 3 is 2.61 bits per heavy atom. The van der Waals surface area contributed by atoms with Crippen LogP contribution >= 0.6 is 0 Å². The van der Waals surface area contributed by atoms with Crippen molar-refractivity contribution < 1.29 is 4.79 Å². The maximum atomic E-state index is 12.1. The van der Waals surface area contributed by atoms with E-state index in [4.69, 9.17) is 0 Å². The second-order valence-electron chi connectivity index (χ2n) is 5.43. The van der Waals surface area contributed by atoms with Crippen molar-refractivity contribution in [2.75, 3.05) is 18.0 Å². The van der Waals surface area contributed by atoms with Gasteiger partial charge in [0.25, 0.3) is 0 Å². The van der Waals surface area contributed by atoms with Crippen LogP contribution in [0, 0.1) is 6.92 Å². The zero-order valence-corrected chi connectivity index (χ0v) is 11.0. The number of ketones is 1. The van der Waals surface area contributed by atoms with Crippen LogP contribution in [0.1, 0.15) is 53.8 Å². The van der Waals surface area contributed by atoms with Crippen LogP contribution in [0.15, 0.2) is 6.07 Å². The van der Waals surface area contributed by atoms with E-state index in [1.807, 2.05) is 6.92 Å². The molecule has 0 spiro atoms. The van der Waals surface area contributed by atoms with Gasteiger partial charge in [-0.15, -0.1) is 0 Å². The Balaban J connectivity index is 2.10. The fourth-order valence-corrected chi connectivity index (χ4v) is 3.11. The summed E-state index contributed by atoms with van der Waals surface area (Å²) in [7, 11) is 0. The van der Waals surface area contributed by atoms with Crippen molar-refractivity contribution in [3.8, 4) is 0 Å². The highest BCUT2D eigenvalue weighted by Gasteiger charge is 2.24. The van der Waals surface area contributed by atoms with Crippen molar-refractivity contribution in [1.29, 1.82) is 0 Å². The molecule has 18 heavy (non-hydrogen) atoms. The lowest BCUT2D eigenvalue weighted by molar-refractivity contribution is 0.0977. The van der Waals surface area contributed by atoms with E-state index < -0.39 is 0 Å². The Labute approximate surface area is 108 Å². The van der Waals surface area contributed by atoms with Gasteiger partial charge in [0.1, 0.15) is 5.69 Å². The van der Waals surface area contributed by atoms with Crippen LogP contribution in [0.4, 0.5) is 5.69 Å². The summed E-state index contributed by atoms with van der Waals surface area (Å²) in [6, 6.07) is 2.17. The highest BCUT2D eigenvalue weighted by atomic mass is 16.1. The summed E-state index contributed by atoms with van der Waals surface area (Å²) in [6.45, 7) is 4.26. The molecule has 1 aliphatic heterocycles. The average Bonchev–Trinajstić information content (AvgIpc) is 2.82. The lowest BCUT2D eigenvalue weighted by Crippen LogP contribution is -2.21. The smallest absolute Gasteiger partial charge is 0.181 e. The number of fused-ring (bicyclic) bond motifs is 1. The number of Topliss-reactive ketones (excluding diaryl/α,β-unsaturated/α-hetero) is 1. The van der Waals surface area contributed by atoms with Crippen LogP contribution in [-0.4, -0.2) is 23.9 Å².